The Balaban J connectivity index is 4.62. The minimum atomic E-state index is -4.87. The lowest BCUT2D eigenvalue weighted by molar-refractivity contribution is -0.161. The molecule has 5 N–H and O–H groups in total. The summed E-state index contributed by atoms with van der Waals surface area (Å²) in [7, 11) is -9.70. The van der Waals surface area contributed by atoms with E-state index in [9.17, 15) is 33.8 Å². The zero-order valence-corrected chi connectivity index (χ0v) is 36.8. The minimum Gasteiger partial charge on any atom is -0.462 e. The van der Waals surface area contributed by atoms with Gasteiger partial charge in [0.25, 0.3) is 0 Å². The molecular weight excluding hydrogens is 778 g/mol. The molecule has 57 heavy (non-hydrogen) atoms. The fourth-order valence-electron chi connectivity index (χ4n) is 5.60. The summed E-state index contributed by atoms with van der Waals surface area (Å²) >= 11 is 0. The molecule has 0 fully saturated rings. The maximum atomic E-state index is 12.6. The Bertz CT molecular complexity index is 1190. The number of allylic oxidation sites excluding steroid dienone is 5. The van der Waals surface area contributed by atoms with Gasteiger partial charge >= 0.3 is 27.6 Å². The summed E-state index contributed by atoms with van der Waals surface area (Å²) in [6.45, 7) is 3.82. The van der Waals surface area contributed by atoms with Crippen molar-refractivity contribution in [2.75, 3.05) is 26.4 Å². The monoisotopic (exact) mass is 854 g/mol. The van der Waals surface area contributed by atoms with Gasteiger partial charge < -0.3 is 34.4 Å². The largest absolute Gasteiger partial charge is 0.472 e. The van der Waals surface area contributed by atoms with Crippen molar-refractivity contribution < 1.29 is 66.7 Å². The predicted molar refractivity (Wildman–Crippen MR) is 222 cm³/mol. The highest BCUT2D eigenvalue weighted by molar-refractivity contribution is 7.47. The zero-order chi connectivity index (χ0) is 42.6. The highest BCUT2D eigenvalue weighted by atomic mass is 31.2. The molecule has 0 aliphatic heterocycles. The molecule has 0 aromatic rings. The number of hydrogen-bond donors (Lipinski definition) is 5. The molecule has 0 aliphatic rings. The van der Waals surface area contributed by atoms with Crippen LogP contribution < -0.4 is 0 Å². The summed E-state index contributed by atoms with van der Waals surface area (Å²) < 4.78 is 47.7. The molecule has 14 nitrogen and oxygen atoms in total. The van der Waals surface area contributed by atoms with Gasteiger partial charge in [-0.05, 0) is 38.0 Å². The number of aliphatic hydroxyl groups excluding tert-OH is 2. The Hall–Kier alpha value is -1.70. The van der Waals surface area contributed by atoms with Crippen LogP contribution in [0.4, 0.5) is 0 Å². The van der Waals surface area contributed by atoms with E-state index in [1.54, 1.807) is 6.08 Å². The Morgan fingerprint density at radius 3 is 1.67 bits per heavy atom. The maximum absolute atomic E-state index is 12.6. The fraction of sp³-hybridized carbons (Fsp3) is 0.805. The first-order valence-corrected chi connectivity index (χ1v) is 24.2. The summed E-state index contributed by atoms with van der Waals surface area (Å²) in [5.74, 6) is -0.327. The van der Waals surface area contributed by atoms with Crippen molar-refractivity contribution in [2.45, 2.75) is 180 Å². The number of carbonyl (C=O) groups is 2. The molecule has 0 spiro atoms. The molecule has 0 amide bonds. The molecule has 0 saturated carbocycles. The van der Waals surface area contributed by atoms with Crippen LogP contribution in [0.15, 0.2) is 36.5 Å². The third-order valence-electron chi connectivity index (χ3n) is 8.82. The van der Waals surface area contributed by atoms with E-state index < -0.39 is 72.3 Å². The van der Waals surface area contributed by atoms with Crippen LogP contribution in [0.1, 0.15) is 162 Å². The molecule has 0 bridgehead atoms. The van der Waals surface area contributed by atoms with Gasteiger partial charge in [-0.2, -0.15) is 0 Å². The number of esters is 2. The topological polar surface area (TPSA) is 216 Å². The first kappa shape index (κ1) is 55.3. The molecular formula is C41H76O14P2. The van der Waals surface area contributed by atoms with Crippen LogP contribution in [-0.4, -0.2) is 81.6 Å². The van der Waals surface area contributed by atoms with Crippen molar-refractivity contribution in [1.29, 1.82) is 0 Å². The molecule has 334 valence electrons. The first-order chi connectivity index (χ1) is 27.1. The number of carbonyl (C=O) groups excluding carboxylic acids is 2. The van der Waals surface area contributed by atoms with E-state index in [1.165, 1.54) is 51.4 Å². The van der Waals surface area contributed by atoms with Gasteiger partial charge in [0, 0.05) is 12.8 Å². The van der Waals surface area contributed by atoms with Gasteiger partial charge in [0.15, 0.2) is 6.10 Å². The number of rotatable bonds is 39. The minimum absolute atomic E-state index is 0.0624. The van der Waals surface area contributed by atoms with Crippen LogP contribution in [0.5, 0.6) is 0 Å². The lowest BCUT2D eigenvalue weighted by Gasteiger charge is -2.20. The molecule has 0 aromatic heterocycles. The number of phosphoric acid groups is 2. The summed E-state index contributed by atoms with van der Waals surface area (Å²) in [5, 5.41) is 19.9. The van der Waals surface area contributed by atoms with E-state index in [1.807, 2.05) is 18.2 Å². The summed E-state index contributed by atoms with van der Waals surface area (Å²) in [5.41, 5.74) is 0. The second kappa shape index (κ2) is 36.2. The van der Waals surface area contributed by atoms with Crippen molar-refractivity contribution in [2.24, 2.45) is 5.92 Å². The highest BCUT2D eigenvalue weighted by Crippen LogP contribution is 2.43. The van der Waals surface area contributed by atoms with Gasteiger partial charge in [-0.25, -0.2) is 9.13 Å². The Morgan fingerprint density at radius 2 is 1.11 bits per heavy atom. The average molecular weight is 855 g/mol. The lowest BCUT2D eigenvalue weighted by atomic mass is 10.0. The Morgan fingerprint density at radius 1 is 0.596 bits per heavy atom. The molecule has 0 radical (unpaired) electrons. The lowest BCUT2D eigenvalue weighted by Crippen LogP contribution is -2.30. The molecule has 16 heteroatoms. The zero-order valence-electron chi connectivity index (χ0n) is 35.0. The van der Waals surface area contributed by atoms with Gasteiger partial charge in [0.2, 0.25) is 0 Å². The quantitative estimate of drug-likeness (QED) is 0.0128. The van der Waals surface area contributed by atoms with E-state index in [0.717, 1.165) is 63.7 Å². The summed E-state index contributed by atoms with van der Waals surface area (Å²) in [6, 6.07) is 0. The molecule has 0 heterocycles. The normalized spacial score (nSPS) is 15.1. The second-order valence-electron chi connectivity index (χ2n) is 14.9. The van der Waals surface area contributed by atoms with E-state index in [4.69, 9.17) is 23.8 Å². The Kier molecular flexibility index (Phi) is 35.1. The molecule has 0 aliphatic carbocycles. The predicted octanol–water partition coefficient (Wildman–Crippen LogP) is 9.33. The van der Waals surface area contributed by atoms with Gasteiger partial charge in [-0.1, -0.05) is 154 Å². The van der Waals surface area contributed by atoms with Gasteiger partial charge in [-0.3, -0.25) is 23.2 Å². The van der Waals surface area contributed by atoms with E-state index in [0.29, 0.717) is 19.3 Å². The van der Waals surface area contributed by atoms with Crippen molar-refractivity contribution in [1.82, 2.24) is 0 Å². The van der Waals surface area contributed by atoms with Crippen LogP contribution in [-0.2, 0) is 41.8 Å². The van der Waals surface area contributed by atoms with Crippen LogP contribution in [0.2, 0.25) is 0 Å². The number of unbranched alkanes of at least 4 members (excludes halogenated alkanes) is 14. The van der Waals surface area contributed by atoms with Crippen molar-refractivity contribution in [3.8, 4) is 0 Å². The smallest absolute Gasteiger partial charge is 0.462 e. The number of aliphatic hydroxyl groups is 2. The molecule has 2 unspecified atom stereocenters. The van der Waals surface area contributed by atoms with Crippen LogP contribution in [0, 0.1) is 5.92 Å². The highest BCUT2D eigenvalue weighted by Gasteiger charge is 2.28. The standard InChI is InChI=1S/C41H76O14P2/c1-4-5-6-7-13-18-23-28-37(42)29-24-19-16-21-26-31-41(45)55-39(35-54-57(49,50)53-33-38(43)32-52-56(46,47)48)34-51-40(44)30-25-20-15-12-10-8-9-11-14-17-22-27-36(2)3/h5-6,13,18,23,28,36-39,42-43H,4,7-12,14-17,19-22,24-27,29-35H2,1-3H3,(H,49,50)(H2,46,47,48)/b6-5+,18-13+,28-23+/t37?,38-,39+/m0/s1. The average Bonchev–Trinajstić information content (AvgIpc) is 3.14. The van der Waals surface area contributed by atoms with E-state index in [2.05, 4.69) is 42.0 Å². The van der Waals surface area contributed by atoms with Crippen molar-refractivity contribution in [3.63, 3.8) is 0 Å². The molecule has 0 aromatic carbocycles. The van der Waals surface area contributed by atoms with E-state index in [-0.39, 0.29) is 12.8 Å². The number of ether oxygens (including phenoxy) is 2. The molecule has 4 atom stereocenters. The third-order valence-corrected chi connectivity index (χ3v) is 10.3. The molecule has 0 saturated heterocycles. The van der Waals surface area contributed by atoms with Gasteiger partial charge in [-0.15, -0.1) is 0 Å². The summed E-state index contributed by atoms with van der Waals surface area (Å²) in [6.07, 6.45) is 28.8. The third kappa shape index (κ3) is 40.8. The van der Waals surface area contributed by atoms with Crippen LogP contribution >= 0.6 is 15.6 Å². The Labute approximate surface area is 342 Å². The van der Waals surface area contributed by atoms with Crippen molar-refractivity contribution >= 4 is 27.6 Å². The number of hydrogen-bond acceptors (Lipinski definition) is 11. The fourth-order valence-corrected chi connectivity index (χ4v) is 6.75. The van der Waals surface area contributed by atoms with Crippen LogP contribution in [0.3, 0.4) is 0 Å². The van der Waals surface area contributed by atoms with E-state index >= 15 is 0 Å². The second-order valence-corrected chi connectivity index (χ2v) is 17.6. The SMILES string of the molecule is CC/C=C/C/C=C/C=C/C(O)CCCCCCCC(=O)O[C@H](COC(=O)CCCCCCCCCCCCCC(C)C)COP(=O)(O)OC[C@@H](O)COP(=O)(O)O. The maximum Gasteiger partial charge on any atom is 0.472 e. The van der Waals surface area contributed by atoms with Crippen molar-refractivity contribution in [3.05, 3.63) is 36.5 Å². The number of phosphoric ester groups is 2. The molecule has 0 rings (SSSR count). The van der Waals surface area contributed by atoms with Gasteiger partial charge in [0.1, 0.15) is 12.7 Å². The first-order valence-electron chi connectivity index (χ1n) is 21.1. The van der Waals surface area contributed by atoms with Crippen LogP contribution in [0.25, 0.3) is 0 Å². The summed E-state index contributed by atoms with van der Waals surface area (Å²) in [4.78, 5) is 52.6. The van der Waals surface area contributed by atoms with Gasteiger partial charge in [0.05, 0.1) is 25.9 Å².